The van der Waals surface area contributed by atoms with Crippen LogP contribution in [0.5, 0.6) is 0 Å². The topological polar surface area (TPSA) is 50.2 Å². The molecule has 1 fully saturated rings. The zero-order valence-corrected chi connectivity index (χ0v) is 14.6. The average Bonchev–Trinajstić information content (AvgIpc) is 3.11. The summed E-state index contributed by atoms with van der Waals surface area (Å²) in [5.74, 6) is 1.50. The number of anilines is 1. The number of urea groups is 1. The Labute approximate surface area is 146 Å². The standard InChI is InChI=1S/C18H22N4OS/c1-13(14-4-5-14)22-17(6-9-19-22)20-18(23)21-10-7-15(8-11-21)16-3-2-12-24-16/h2-3,6-7,9,12-14H,4-5,8,10-11H2,1H3,(H,20,23)/t13-/m1/s1. The van der Waals surface area contributed by atoms with Gasteiger partial charge in [-0.3, -0.25) is 5.32 Å². The Balaban J connectivity index is 1.40. The molecular formula is C18H22N4OS. The maximum atomic E-state index is 12.6. The molecule has 1 N–H and O–H groups in total. The predicted molar refractivity (Wildman–Crippen MR) is 97.2 cm³/mol. The van der Waals surface area contributed by atoms with Crippen LogP contribution in [0.4, 0.5) is 10.6 Å². The van der Waals surface area contributed by atoms with Gasteiger partial charge in [-0.15, -0.1) is 11.3 Å². The fourth-order valence-electron chi connectivity index (χ4n) is 3.24. The first-order chi connectivity index (χ1) is 11.7. The summed E-state index contributed by atoms with van der Waals surface area (Å²) in [6, 6.07) is 6.41. The van der Waals surface area contributed by atoms with E-state index < -0.39 is 0 Å². The Kier molecular flexibility index (Phi) is 4.14. The van der Waals surface area contributed by atoms with Crippen molar-refractivity contribution in [2.45, 2.75) is 32.2 Å². The Morgan fingerprint density at radius 3 is 2.96 bits per heavy atom. The number of amides is 2. The number of aromatic nitrogens is 2. The zero-order valence-electron chi connectivity index (χ0n) is 13.8. The molecule has 1 saturated carbocycles. The van der Waals surface area contributed by atoms with Crippen molar-refractivity contribution in [3.63, 3.8) is 0 Å². The number of rotatable bonds is 4. The molecule has 1 aliphatic carbocycles. The van der Waals surface area contributed by atoms with E-state index in [4.69, 9.17) is 0 Å². The minimum atomic E-state index is -0.0405. The average molecular weight is 342 g/mol. The lowest BCUT2D eigenvalue weighted by molar-refractivity contribution is 0.216. The van der Waals surface area contributed by atoms with E-state index >= 15 is 0 Å². The normalized spacial score (nSPS) is 19.0. The first-order valence-electron chi connectivity index (χ1n) is 8.55. The van der Waals surface area contributed by atoms with Crippen LogP contribution in [-0.2, 0) is 0 Å². The summed E-state index contributed by atoms with van der Waals surface area (Å²) in [4.78, 5) is 15.7. The molecule has 3 heterocycles. The molecule has 0 bridgehead atoms. The van der Waals surface area contributed by atoms with Crippen molar-refractivity contribution >= 4 is 28.8 Å². The molecule has 0 radical (unpaired) electrons. The minimum absolute atomic E-state index is 0.0405. The first kappa shape index (κ1) is 15.4. The van der Waals surface area contributed by atoms with Crippen LogP contribution < -0.4 is 5.32 Å². The van der Waals surface area contributed by atoms with Crippen LogP contribution in [0, 0.1) is 5.92 Å². The molecule has 6 heteroatoms. The molecule has 0 spiro atoms. The number of carbonyl (C=O) groups excluding carboxylic acids is 1. The predicted octanol–water partition coefficient (Wildman–Crippen LogP) is 4.24. The maximum absolute atomic E-state index is 12.6. The van der Waals surface area contributed by atoms with Gasteiger partial charge in [-0.2, -0.15) is 5.10 Å². The third kappa shape index (κ3) is 3.11. The van der Waals surface area contributed by atoms with Crippen molar-refractivity contribution in [1.29, 1.82) is 0 Å². The zero-order chi connectivity index (χ0) is 16.5. The van der Waals surface area contributed by atoms with E-state index in [1.165, 1.54) is 23.3 Å². The second kappa shape index (κ2) is 6.43. The Morgan fingerprint density at radius 2 is 2.29 bits per heavy atom. The van der Waals surface area contributed by atoms with E-state index in [0.29, 0.717) is 18.5 Å². The quantitative estimate of drug-likeness (QED) is 0.903. The third-order valence-electron chi connectivity index (χ3n) is 4.93. The van der Waals surface area contributed by atoms with Crippen molar-refractivity contribution in [2.75, 3.05) is 18.4 Å². The van der Waals surface area contributed by atoms with Crippen LogP contribution in [0.25, 0.3) is 5.57 Å². The molecule has 2 aliphatic rings. The Bertz CT molecular complexity index is 745. The number of carbonyl (C=O) groups is 1. The monoisotopic (exact) mass is 342 g/mol. The van der Waals surface area contributed by atoms with E-state index in [0.717, 1.165) is 18.8 Å². The Morgan fingerprint density at radius 1 is 1.42 bits per heavy atom. The summed E-state index contributed by atoms with van der Waals surface area (Å²) in [6.45, 7) is 3.59. The molecule has 4 rings (SSSR count). The van der Waals surface area contributed by atoms with Crippen LogP contribution in [0.1, 0.15) is 37.1 Å². The van der Waals surface area contributed by atoms with Crippen molar-refractivity contribution in [1.82, 2.24) is 14.7 Å². The second-order valence-corrected chi connectivity index (χ2v) is 7.52. The third-order valence-corrected chi connectivity index (χ3v) is 5.87. The van der Waals surface area contributed by atoms with Gasteiger partial charge in [0, 0.05) is 24.0 Å². The summed E-state index contributed by atoms with van der Waals surface area (Å²) < 4.78 is 1.95. The molecule has 2 amide bonds. The fourth-order valence-corrected chi connectivity index (χ4v) is 4.04. The molecule has 0 unspecified atom stereocenters. The smallest absolute Gasteiger partial charge is 0.320 e. The fraction of sp³-hybridized carbons (Fsp3) is 0.444. The highest BCUT2D eigenvalue weighted by Gasteiger charge is 2.31. The van der Waals surface area contributed by atoms with Gasteiger partial charge in [0.1, 0.15) is 5.82 Å². The van der Waals surface area contributed by atoms with Crippen LogP contribution in [0.15, 0.2) is 35.9 Å². The van der Waals surface area contributed by atoms with Gasteiger partial charge < -0.3 is 4.90 Å². The molecule has 5 nitrogen and oxygen atoms in total. The molecule has 1 aliphatic heterocycles. The van der Waals surface area contributed by atoms with Gasteiger partial charge in [0.25, 0.3) is 0 Å². The van der Waals surface area contributed by atoms with Crippen molar-refractivity contribution in [3.05, 3.63) is 40.7 Å². The van der Waals surface area contributed by atoms with E-state index in [1.807, 2.05) is 15.6 Å². The van der Waals surface area contributed by atoms with Gasteiger partial charge >= 0.3 is 6.03 Å². The maximum Gasteiger partial charge on any atom is 0.323 e. The number of thiophene rings is 1. The summed E-state index contributed by atoms with van der Waals surface area (Å²) >= 11 is 1.76. The van der Waals surface area contributed by atoms with E-state index in [-0.39, 0.29) is 6.03 Å². The van der Waals surface area contributed by atoms with Gasteiger partial charge in [-0.1, -0.05) is 12.1 Å². The lowest BCUT2D eigenvalue weighted by Gasteiger charge is -2.27. The number of nitrogens with zero attached hydrogens (tertiary/aromatic N) is 3. The van der Waals surface area contributed by atoms with Gasteiger partial charge in [0.15, 0.2) is 0 Å². The van der Waals surface area contributed by atoms with Gasteiger partial charge in [0.2, 0.25) is 0 Å². The summed E-state index contributed by atoms with van der Waals surface area (Å²) in [6.07, 6.45) is 7.36. The lowest BCUT2D eigenvalue weighted by atomic mass is 10.1. The molecule has 1 atom stereocenters. The van der Waals surface area contributed by atoms with Crippen molar-refractivity contribution < 1.29 is 4.79 Å². The molecular weight excluding hydrogens is 320 g/mol. The second-order valence-electron chi connectivity index (χ2n) is 6.57. The highest BCUT2D eigenvalue weighted by atomic mass is 32.1. The molecule has 2 aromatic heterocycles. The number of hydrogen-bond donors (Lipinski definition) is 1. The highest BCUT2D eigenvalue weighted by molar-refractivity contribution is 7.11. The summed E-state index contributed by atoms with van der Waals surface area (Å²) in [5, 5.41) is 9.52. The van der Waals surface area contributed by atoms with E-state index in [1.54, 1.807) is 17.5 Å². The molecule has 2 aromatic rings. The number of nitrogens with one attached hydrogen (secondary N) is 1. The molecule has 0 aromatic carbocycles. The Hall–Kier alpha value is -2.08. The lowest BCUT2D eigenvalue weighted by Crippen LogP contribution is -2.38. The highest BCUT2D eigenvalue weighted by Crippen LogP contribution is 2.40. The largest absolute Gasteiger partial charge is 0.323 e. The van der Waals surface area contributed by atoms with Gasteiger partial charge in [0.05, 0.1) is 12.2 Å². The van der Waals surface area contributed by atoms with Crippen LogP contribution in [0.2, 0.25) is 0 Å². The molecule has 0 saturated heterocycles. The summed E-state index contributed by atoms with van der Waals surface area (Å²) in [5.41, 5.74) is 1.35. The van der Waals surface area contributed by atoms with Crippen LogP contribution in [-0.4, -0.2) is 33.8 Å². The van der Waals surface area contributed by atoms with Gasteiger partial charge in [-0.05, 0) is 49.1 Å². The summed E-state index contributed by atoms with van der Waals surface area (Å²) in [7, 11) is 0. The van der Waals surface area contributed by atoms with Crippen LogP contribution >= 0.6 is 11.3 Å². The van der Waals surface area contributed by atoms with Gasteiger partial charge in [-0.25, -0.2) is 9.48 Å². The van der Waals surface area contributed by atoms with E-state index in [9.17, 15) is 4.79 Å². The van der Waals surface area contributed by atoms with Crippen molar-refractivity contribution in [3.8, 4) is 0 Å². The first-order valence-corrected chi connectivity index (χ1v) is 9.42. The number of hydrogen-bond acceptors (Lipinski definition) is 3. The SMILES string of the molecule is C[C@H](C1CC1)n1nccc1NC(=O)N1CC=C(c2cccs2)CC1. The minimum Gasteiger partial charge on any atom is -0.320 e. The molecule has 24 heavy (non-hydrogen) atoms. The molecule has 126 valence electrons. The van der Waals surface area contributed by atoms with Crippen LogP contribution in [0.3, 0.4) is 0 Å². The van der Waals surface area contributed by atoms with E-state index in [2.05, 4.69) is 40.9 Å². The van der Waals surface area contributed by atoms with Crippen molar-refractivity contribution in [2.24, 2.45) is 5.92 Å².